The van der Waals surface area contributed by atoms with Crippen LogP contribution in [0.15, 0.2) is 24.3 Å². The molecule has 1 atom stereocenters. The van der Waals surface area contributed by atoms with Gasteiger partial charge in [-0.2, -0.15) is 0 Å². The SMILES string of the molecule is COc1ccc(C2COC2(C)C)cc1. The number of hydrogen-bond acceptors (Lipinski definition) is 2. The lowest BCUT2D eigenvalue weighted by molar-refractivity contribution is -0.145. The second-order valence-electron chi connectivity index (χ2n) is 4.24. The third-order valence-electron chi connectivity index (χ3n) is 2.98. The molecule has 1 fully saturated rings. The normalized spacial score (nSPS) is 24.1. The molecule has 1 heterocycles. The van der Waals surface area contributed by atoms with Gasteiger partial charge in [0.1, 0.15) is 5.75 Å². The Morgan fingerprint density at radius 1 is 1.29 bits per heavy atom. The summed E-state index contributed by atoms with van der Waals surface area (Å²) in [6, 6.07) is 8.25. The fraction of sp³-hybridized carbons (Fsp3) is 0.500. The van der Waals surface area contributed by atoms with Crippen LogP contribution in [0.4, 0.5) is 0 Å². The molecule has 1 aliphatic rings. The van der Waals surface area contributed by atoms with Crippen molar-refractivity contribution < 1.29 is 9.47 Å². The Hall–Kier alpha value is -1.02. The van der Waals surface area contributed by atoms with Crippen LogP contribution in [-0.2, 0) is 4.74 Å². The van der Waals surface area contributed by atoms with E-state index in [4.69, 9.17) is 9.47 Å². The maximum atomic E-state index is 5.51. The molecule has 0 aliphatic carbocycles. The zero-order valence-corrected chi connectivity index (χ0v) is 8.91. The summed E-state index contributed by atoms with van der Waals surface area (Å²) >= 11 is 0. The zero-order chi connectivity index (χ0) is 10.2. The second-order valence-corrected chi connectivity index (χ2v) is 4.24. The molecule has 2 nitrogen and oxygen atoms in total. The Kier molecular flexibility index (Phi) is 2.23. The summed E-state index contributed by atoms with van der Waals surface area (Å²) in [5, 5.41) is 0. The molecule has 0 radical (unpaired) electrons. The van der Waals surface area contributed by atoms with Crippen molar-refractivity contribution in [1.82, 2.24) is 0 Å². The summed E-state index contributed by atoms with van der Waals surface area (Å²) in [4.78, 5) is 0. The summed E-state index contributed by atoms with van der Waals surface area (Å²) in [6.45, 7) is 5.09. The van der Waals surface area contributed by atoms with Crippen LogP contribution >= 0.6 is 0 Å². The molecule has 1 saturated heterocycles. The smallest absolute Gasteiger partial charge is 0.118 e. The minimum absolute atomic E-state index is 0.00537. The van der Waals surface area contributed by atoms with Gasteiger partial charge in [0.25, 0.3) is 0 Å². The number of benzene rings is 1. The third-order valence-corrected chi connectivity index (χ3v) is 2.98. The van der Waals surface area contributed by atoms with Gasteiger partial charge in [0.2, 0.25) is 0 Å². The highest BCUT2D eigenvalue weighted by atomic mass is 16.5. The standard InChI is InChI=1S/C12H16O2/c1-12(2)11(8-14-12)9-4-6-10(13-3)7-5-9/h4-7,11H,8H2,1-3H3. The van der Waals surface area contributed by atoms with Crippen molar-refractivity contribution in [1.29, 1.82) is 0 Å². The third kappa shape index (κ3) is 1.50. The Morgan fingerprint density at radius 3 is 2.29 bits per heavy atom. The molecule has 1 aromatic rings. The lowest BCUT2D eigenvalue weighted by Crippen LogP contribution is -2.46. The summed E-state index contributed by atoms with van der Waals surface area (Å²) in [6.07, 6.45) is 0. The predicted molar refractivity (Wildman–Crippen MR) is 55.8 cm³/mol. The van der Waals surface area contributed by atoms with E-state index >= 15 is 0 Å². The monoisotopic (exact) mass is 192 g/mol. The van der Waals surface area contributed by atoms with Gasteiger partial charge in [-0.3, -0.25) is 0 Å². The first-order chi connectivity index (χ1) is 6.63. The van der Waals surface area contributed by atoms with E-state index in [0.717, 1.165) is 12.4 Å². The van der Waals surface area contributed by atoms with Gasteiger partial charge < -0.3 is 9.47 Å². The lowest BCUT2D eigenvalue weighted by Gasteiger charge is -2.44. The number of rotatable bonds is 2. The molecule has 1 unspecified atom stereocenters. The first-order valence-electron chi connectivity index (χ1n) is 4.91. The maximum Gasteiger partial charge on any atom is 0.118 e. The molecule has 1 aliphatic heterocycles. The van der Waals surface area contributed by atoms with E-state index in [0.29, 0.717) is 5.92 Å². The fourth-order valence-corrected chi connectivity index (χ4v) is 1.83. The van der Waals surface area contributed by atoms with Crippen molar-refractivity contribution in [2.45, 2.75) is 25.4 Å². The zero-order valence-electron chi connectivity index (χ0n) is 8.91. The molecule has 0 spiro atoms. The van der Waals surface area contributed by atoms with Crippen LogP contribution in [0.3, 0.4) is 0 Å². The van der Waals surface area contributed by atoms with Crippen LogP contribution in [0, 0.1) is 0 Å². The molecule has 2 rings (SSSR count). The average molecular weight is 192 g/mol. The van der Waals surface area contributed by atoms with Crippen molar-refractivity contribution in [2.24, 2.45) is 0 Å². The molecule has 76 valence electrons. The molecule has 0 N–H and O–H groups in total. The number of hydrogen-bond donors (Lipinski definition) is 0. The van der Waals surface area contributed by atoms with Gasteiger partial charge in [0, 0.05) is 5.92 Å². The van der Waals surface area contributed by atoms with Crippen LogP contribution < -0.4 is 4.74 Å². The molecule has 0 aromatic heterocycles. The Labute approximate surface area is 84.8 Å². The molecule has 0 saturated carbocycles. The molecule has 14 heavy (non-hydrogen) atoms. The second kappa shape index (κ2) is 3.28. The molecule has 0 bridgehead atoms. The van der Waals surface area contributed by atoms with Gasteiger partial charge in [-0.05, 0) is 31.5 Å². The minimum Gasteiger partial charge on any atom is -0.497 e. The highest BCUT2D eigenvalue weighted by Gasteiger charge is 2.40. The highest BCUT2D eigenvalue weighted by molar-refractivity contribution is 5.32. The number of ether oxygens (including phenoxy) is 2. The van der Waals surface area contributed by atoms with E-state index in [1.807, 2.05) is 12.1 Å². The Bertz CT molecular complexity index is 314. The summed E-state index contributed by atoms with van der Waals surface area (Å²) in [5.74, 6) is 1.43. The van der Waals surface area contributed by atoms with Crippen LogP contribution in [-0.4, -0.2) is 19.3 Å². The highest BCUT2D eigenvalue weighted by Crippen LogP contribution is 2.40. The van der Waals surface area contributed by atoms with Crippen LogP contribution in [0.25, 0.3) is 0 Å². The molecular weight excluding hydrogens is 176 g/mol. The Balaban J connectivity index is 2.17. The van der Waals surface area contributed by atoms with Gasteiger partial charge >= 0.3 is 0 Å². The first-order valence-corrected chi connectivity index (χ1v) is 4.91. The van der Waals surface area contributed by atoms with E-state index in [2.05, 4.69) is 26.0 Å². The minimum atomic E-state index is -0.00537. The van der Waals surface area contributed by atoms with Crippen LogP contribution in [0.5, 0.6) is 5.75 Å². The topological polar surface area (TPSA) is 18.5 Å². The van der Waals surface area contributed by atoms with Crippen LogP contribution in [0.2, 0.25) is 0 Å². The molecule has 1 aromatic carbocycles. The Morgan fingerprint density at radius 2 is 1.93 bits per heavy atom. The largest absolute Gasteiger partial charge is 0.497 e. The molecule has 0 amide bonds. The molecular formula is C12H16O2. The van der Waals surface area contributed by atoms with E-state index in [-0.39, 0.29) is 5.60 Å². The maximum absolute atomic E-state index is 5.51. The fourth-order valence-electron chi connectivity index (χ4n) is 1.83. The van der Waals surface area contributed by atoms with Crippen molar-refractivity contribution in [3.63, 3.8) is 0 Å². The van der Waals surface area contributed by atoms with Gasteiger partial charge in [-0.15, -0.1) is 0 Å². The summed E-state index contributed by atoms with van der Waals surface area (Å²) in [5.41, 5.74) is 1.33. The summed E-state index contributed by atoms with van der Waals surface area (Å²) < 4.78 is 10.6. The van der Waals surface area contributed by atoms with Gasteiger partial charge in [0.05, 0.1) is 19.3 Å². The van der Waals surface area contributed by atoms with E-state index < -0.39 is 0 Å². The quantitative estimate of drug-likeness (QED) is 0.717. The van der Waals surface area contributed by atoms with Gasteiger partial charge in [-0.25, -0.2) is 0 Å². The lowest BCUT2D eigenvalue weighted by atomic mass is 9.80. The van der Waals surface area contributed by atoms with Crippen LogP contribution in [0.1, 0.15) is 25.3 Å². The van der Waals surface area contributed by atoms with E-state index in [1.165, 1.54) is 5.56 Å². The van der Waals surface area contributed by atoms with Crippen molar-refractivity contribution in [3.8, 4) is 5.75 Å². The summed E-state index contributed by atoms with van der Waals surface area (Å²) in [7, 11) is 1.69. The molecule has 2 heteroatoms. The number of methoxy groups -OCH3 is 1. The van der Waals surface area contributed by atoms with E-state index in [1.54, 1.807) is 7.11 Å². The van der Waals surface area contributed by atoms with Gasteiger partial charge in [-0.1, -0.05) is 12.1 Å². The van der Waals surface area contributed by atoms with Gasteiger partial charge in [0.15, 0.2) is 0 Å². The average Bonchev–Trinajstić information content (AvgIpc) is 2.18. The van der Waals surface area contributed by atoms with Crippen molar-refractivity contribution >= 4 is 0 Å². The first kappa shape index (κ1) is 9.53. The van der Waals surface area contributed by atoms with Crippen molar-refractivity contribution in [3.05, 3.63) is 29.8 Å². The van der Waals surface area contributed by atoms with Crippen molar-refractivity contribution in [2.75, 3.05) is 13.7 Å². The predicted octanol–water partition coefficient (Wildman–Crippen LogP) is 2.59. The van der Waals surface area contributed by atoms with E-state index in [9.17, 15) is 0 Å².